The summed E-state index contributed by atoms with van der Waals surface area (Å²) in [6.45, 7) is 7.84. The summed E-state index contributed by atoms with van der Waals surface area (Å²) >= 11 is 0. The fourth-order valence-electron chi connectivity index (χ4n) is 7.89. The molecule has 2 aliphatic heterocycles. The van der Waals surface area contributed by atoms with Gasteiger partial charge < -0.3 is 36.1 Å². The predicted molar refractivity (Wildman–Crippen MR) is 183 cm³/mol. The van der Waals surface area contributed by atoms with Crippen molar-refractivity contribution in [1.29, 1.82) is 0 Å². The van der Waals surface area contributed by atoms with Gasteiger partial charge in [-0.2, -0.15) is 0 Å². The van der Waals surface area contributed by atoms with Gasteiger partial charge >= 0.3 is 12.0 Å². The number of amides is 5. The molecule has 0 aromatic heterocycles. The highest BCUT2D eigenvalue weighted by molar-refractivity contribution is 6.38. The number of likely N-dealkylation sites (tertiary alicyclic amines) is 1. The van der Waals surface area contributed by atoms with Gasteiger partial charge in [0, 0.05) is 12.5 Å². The monoisotopic (exact) mass is 695 g/mol. The van der Waals surface area contributed by atoms with Crippen LogP contribution in [-0.4, -0.2) is 82.8 Å². The number of ketones is 1. The summed E-state index contributed by atoms with van der Waals surface area (Å²) in [5.74, 6) is -4.47. The maximum Gasteiger partial charge on any atom is 0.329 e. The van der Waals surface area contributed by atoms with Gasteiger partial charge in [-0.1, -0.05) is 69.9 Å². The number of Topliss-reactive ketones (excluding diaryl/α,β-unsaturated/α-hetero) is 1. The van der Waals surface area contributed by atoms with Crippen molar-refractivity contribution in [3.8, 4) is 0 Å². The minimum absolute atomic E-state index is 0.0609. The molecule has 2 aliphatic carbocycles. The van der Waals surface area contributed by atoms with Crippen LogP contribution in [0, 0.1) is 23.7 Å². The van der Waals surface area contributed by atoms with Crippen LogP contribution in [0.2, 0.25) is 0 Å². The summed E-state index contributed by atoms with van der Waals surface area (Å²) in [6.07, 6.45) is 6.26. The fraction of sp³-hybridized carbons (Fsp3) is 0.676. The number of hydrogen-bond donors (Lipinski definition) is 4. The highest BCUT2D eigenvalue weighted by Gasteiger charge is 2.57. The molecule has 1 aromatic carbocycles. The first-order valence-corrected chi connectivity index (χ1v) is 18.2. The average molecular weight is 696 g/mol. The van der Waals surface area contributed by atoms with Crippen molar-refractivity contribution in [3.05, 3.63) is 35.9 Å². The van der Waals surface area contributed by atoms with E-state index in [1.54, 1.807) is 0 Å². The predicted octanol–water partition coefficient (Wildman–Crippen LogP) is 2.74. The van der Waals surface area contributed by atoms with E-state index in [4.69, 9.17) is 15.2 Å². The molecule has 0 radical (unpaired) electrons. The van der Waals surface area contributed by atoms with Crippen molar-refractivity contribution in [2.24, 2.45) is 29.4 Å². The zero-order valence-electron chi connectivity index (χ0n) is 29.7. The summed E-state index contributed by atoms with van der Waals surface area (Å²) in [5.41, 5.74) is 5.62. The molecule has 1 aromatic rings. The molecule has 5 N–H and O–H groups in total. The largest absolute Gasteiger partial charge is 0.459 e. The molecule has 13 nitrogen and oxygen atoms in total. The first-order chi connectivity index (χ1) is 23.8. The number of rotatable bonds is 14. The minimum Gasteiger partial charge on any atom is -0.459 e. The second-order valence-electron chi connectivity index (χ2n) is 15.2. The number of benzene rings is 1. The Hall–Kier alpha value is -4.00. The Morgan fingerprint density at radius 2 is 1.60 bits per heavy atom. The lowest BCUT2D eigenvalue weighted by molar-refractivity contribution is -0.148. The fourth-order valence-corrected chi connectivity index (χ4v) is 7.89. The van der Waals surface area contributed by atoms with Gasteiger partial charge in [0.1, 0.15) is 30.8 Å². The van der Waals surface area contributed by atoms with E-state index in [2.05, 4.69) is 16.0 Å². The molecule has 0 spiro atoms. The van der Waals surface area contributed by atoms with E-state index in [9.17, 15) is 28.8 Å². The number of nitrogens with two attached hydrogens (primary N) is 1. The molecule has 274 valence electrons. The smallest absolute Gasteiger partial charge is 0.329 e. The van der Waals surface area contributed by atoms with Gasteiger partial charge in [-0.05, 0) is 69.3 Å². The van der Waals surface area contributed by atoms with Crippen molar-refractivity contribution < 1.29 is 38.2 Å². The topological polar surface area (TPSA) is 186 Å². The van der Waals surface area contributed by atoms with Gasteiger partial charge in [-0.3, -0.25) is 19.2 Å². The maximum atomic E-state index is 14.6. The van der Waals surface area contributed by atoms with Crippen molar-refractivity contribution in [3.63, 3.8) is 0 Å². The van der Waals surface area contributed by atoms with Crippen molar-refractivity contribution in [2.75, 3.05) is 6.54 Å². The highest BCUT2D eigenvalue weighted by Crippen LogP contribution is 2.44. The highest BCUT2D eigenvalue weighted by atomic mass is 16.5. The van der Waals surface area contributed by atoms with Crippen LogP contribution in [0.3, 0.4) is 0 Å². The van der Waals surface area contributed by atoms with E-state index in [0.29, 0.717) is 38.5 Å². The first-order valence-electron chi connectivity index (χ1n) is 18.2. The van der Waals surface area contributed by atoms with E-state index in [-0.39, 0.29) is 36.8 Å². The molecule has 13 heteroatoms. The molecule has 2 heterocycles. The van der Waals surface area contributed by atoms with E-state index in [0.717, 1.165) is 24.8 Å². The number of hydrogen-bond acceptors (Lipinski definition) is 8. The molecule has 2 saturated carbocycles. The average Bonchev–Trinajstić information content (AvgIpc) is 3.82. The third-order valence-electron chi connectivity index (χ3n) is 10.9. The maximum absolute atomic E-state index is 14.6. The molecule has 0 bridgehead atoms. The van der Waals surface area contributed by atoms with Crippen LogP contribution in [0.4, 0.5) is 4.79 Å². The van der Waals surface area contributed by atoms with Crippen molar-refractivity contribution in [1.82, 2.24) is 20.9 Å². The lowest BCUT2D eigenvalue weighted by Gasteiger charge is -2.36. The molecular formula is C37H53N5O8. The molecule has 4 aliphatic rings. The van der Waals surface area contributed by atoms with Crippen molar-refractivity contribution in [2.45, 2.75) is 128 Å². The molecule has 5 amide bonds. The van der Waals surface area contributed by atoms with Crippen LogP contribution < -0.4 is 21.7 Å². The van der Waals surface area contributed by atoms with E-state index < -0.39 is 71.4 Å². The summed E-state index contributed by atoms with van der Waals surface area (Å²) in [5, 5.41) is 8.48. The number of ether oxygens (including phenoxy) is 2. The summed E-state index contributed by atoms with van der Waals surface area (Å²) in [6, 6.07) is 4.64. The normalized spacial score (nSPS) is 25.4. The number of nitrogens with one attached hydrogen (secondary N) is 3. The van der Waals surface area contributed by atoms with Gasteiger partial charge in [0.05, 0.1) is 11.7 Å². The van der Waals surface area contributed by atoms with Crippen LogP contribution >= 0.6 is 0 Å². The third kappa shape index (κ3) is 8.83. The van der Waals surface area contributed by atoms with Crippen LogP contribution in [0.1, 0.15) is 91.0 Å². The summed E-state index contributed by atoms with van der Waals surface area (Å²) in [4.78, 5) is 81.7. The van der Waals surface area contributed by atoms with Gasteiger partial charge in [-0.15, -0.1) is 0 Å². The Labute approximate surface area is 294 Å². The molecule has 5 rings (SSSR count). The van der Waals surface area contributed by atoms with Gasteiger partial charge in [0.2, 0.25) is 17.6 Å². The lowest BCUT2D eigenvalue weighted by Crippen LogP contribution is -2.61. The number of urea groups is 1. The number of carbonyl (C=O) groups is 6. The quantitative estimate of drug-likeness (QED) is 0.169. The minimum atomic E-state index is -1.11. The van der Waals surface area contributed by atoms with Crippen molar-refractivity contribution >= 4 is 35.5 Å². The summed E-state index contributed by atoms with van der Waals surface area (Å²) < 4.78 is 11.9. The van der Waals surface area contributed by atoms with Gasteiger partial charge in [0.15, 0.2) is 0 Å². The third-order valence-corrected chi connectivity index (χ3v) is 10.9. The summed E-state index contributed by atoms with van der Waals surface area (Å²) in [7, 11) is 0. The second-order valence-corrected chi connectivity index (χ2v) is 15.2. The van der Waals surface area contributed by atoms with Crippen LogP contribution in [0.5, 0.6) is 0 Å². The second kappa shape index (κ2) is 15.9. The van der Waals surface area contributed by atoms with Gasteiger partial charge in [0.25, 0.3) is 5.91 Å². The number of esters is 1. The zero-order valence-corrected chi connectivity index (χ0v) is 29.7. The first kappa shape index (κ1) is 37.3. The lowest BCUT2D eigenvalue weighted by atomic mass is 9.83. The molecular weight excluding hydrogens is 642 g/mol. The van der Waals surface area contributed by atoms with E-state index in [1.807, 2.05) is 58.0 Å². The Kier molecular flexibility index (Phi) is 11.9. The van der Waals surface area contributed by atoms with Crippen LogP contribution in [0.25, 0.3) is 0 Å². The SMILES string of the molecule is CCC(C)[C@H](NC(=O)N[C@H](C(=O)N1C[C@@H]2OC(C)(C)C[C@@H]2[C@H]1C(=O)NC(C(=O)C(N)=O)C1CC1)C1CCCCC1)C(=O)OCc1ccccc1. The number of fused-ring (bicyclic) bond motifs is 1. The molecule has 50 heavy (non-hydrogen) atoms. The zero-order chi connectivity index (χ0) is 36.2. The Morgan fingerprint density at radius 3 is 2.22 bits per heavy atom. The molecule has 7 atom stereocenters. The Morgan fingerprint density at radius 1 is 0.940 bits per heavy atom. The van der Waals surface area contributed by atoms with E-state index in [1.165, 1.54) is 4.90 Å². The number of carbonyl (C=O) groups excluding carboxylic acids is 6. The molecule has 2 unspecified atom stereocenters. The standard InChI is InChI=1S/C37H53N5O8/c1-5-21(2)27(35(47)49-20-22-12-8-6-9-13-22)40-36(48)41-29(23-14-10-7-11-15-23)34(46)42-19-26-25(18-37(3,4)50-26)30(42)33(45)39-28(24-16-17-24)31(43)32(38)44/h6,8-9,12-13,21,23-30H,5,7,10-11,14-20H2,1-4H3,(H2,38,44)(H,39,45)(H2,40,41,48)/t21?,25-,26-,27-,28?,29-,30-/m0/s1. The number of primary amides is 1. The van der Waals surface area contributed by atoms with Crippen LogP contribution in [-0.2, 0) is 40.1 Å². The number of nitrogens with zero attached hydrogens (tertiary/aromatic N) is 1. The van der Waals surface area contributed by atoms with E-state index >= 15 is 0 Å². The van der Waals surface area contributed by atoms with Crippen LogP contribution in [0.15, 0.2) is 30.3 Å². The van der Waals surface area contributed by atoms with Gasteiger partial charge in [-0.25, -0.2) is 9.59 Å². The molecule has 2 saturated heterocycles. The Bertz CT molecular complexity index is 1430. The Balaban J connectivity index is 1.35. The molecule has 4 fully saturated rings.